The standard InChI is InChI=1S/C14H8F3NO2/c15-14(16,17)8-5-6-12-10(7-8)18-13(19)9-3-1-2-4-11(9)20-12/h1-7H,(H,18,19). The number of anilines is 1. The number of para-hydroxylation sites is 1. The maximum Gasteiger partial charge on any atom is 0.416 e. The van der Waals surface area contributed by atoms with Gasteiger partial charge in [-0.25, -0.2) is 0 Å². The number of ether oxygens (including phenoxy) is 1. The van der Waals surface area contributed by atoms with Crippen LogP contribution in [-0.2, 0) is 6.18 Å². The molecular weight excluding hydrogens is 271 g/mol. The van der Waals surface area contributed by atoms with E-state index in [9.17, 15) is 18.0 Å². The highest BCUT2D eigenvalue weighted by molar-refractivity contribution is 6.08. The van der Waals surface area contributed by atoms with E-state index < -0.39 is 17.6 Å². The van der Waals surface area contributed by atoms with Crippen LogP contribution in [0, 0.1) is 0 Å². The van der Waals surface area contributed by atoms with Crippen LogP contribution in [0.1, 0.15) is 15.9 Å². The molecule has 0 unspecified atom stereocenters. The number of amides is 1. The predicted molar refractivity (Wildman–Crippen MR) is 65.9 cm³/mol. The molecule has 2 aromatic rings. The third-order valence-electron chi connectivity index (χ3n) is 2.91. The molecule has 0 spiro atoms. The molecule has 0 saturated heterocycles. The lowest BCUT2D eigenvalue weighted by atomic mass is 10.1. The highest BCUT2D eigenvalue weighted by Crippen LogP contribution is 2.39. The molecule has 0 saturated carbocycles. The van der Waals surface area contributed by atoms with Gasteiger partial charge in [-0.1, -0.05) is 12.1 Å². The van der Waals surface area contributed by atoms with E-state index in [-0.39, 0.29) is 17.0 Å². The lowest BCUT2D eigenvalue weighted by Crippen LogP contribution is -2.11. The van der Waals surface area contributed by atoms with Gasteiger partial charge < -0.3 is 10.1 Å². The molecule has 3 rings (SSSR count). The van der Waals surface area contributed by atoms with Crippen LogP contribution in [0.4, 0.5) is 18.9 Å². The van der Waals surface area contributed by atoms with Crippen LogP contribution in [0.25, 0.3) is 0 Å². The molecule has 1 amide bonds. The third kappa shape index (κ3) is 2.09. The molecule has 0 radical (unpaired) electrons. The van der Waals surface area contributed by atoms with E-state index >= 15 is 0 Å². The molecule has 1 aliphatic rings. The molecule has 20 heavy (non-hydrogen) atoms. The molecule has 102 valence electrons. The van der Waals surface area contributed by atoms with Crippen LogP contribution < -0.4 is 10.1 Å². The van der Waals surface area contributed by atoms with E-state index in [2.05, 4.69) is 5.32 Å². The van der Waals surface area contributed by atoms with E-state index in [4.69, 9.17) is 4.74 Å². The predicted octanol–water partition coefficient (Wildman–Crippen LogP) is 4.06. The number of halogens is 3. The fraction of sp³-hybridized carbons (Fsp3) is 0.0714. The first-order chi connectivity index (χ1) is 9.45. The van der Waals surface area contributed by atoms with Crippen molar-refractivity contribution in [2.45, 2.75) is 6.18 Å². The van der Waals surface area contributed by atoms with Gasteiger partial charge in [0.25, 0.3) is 5.91 Å². The van der Waals surface area contributed by atoms with Gasteiger partial charge in [0, 0.05) is 0 Å². The first kappa shape index (κ1) is 12.5. The second kappa shape index (κ2) is 4.26. The summed E-state index contributed by atoms with van der Waals surface area (Å²) in [5.41, 5.74) is -0.565. The first-order valence-corrected chi connectivity index (χ1v) is 5.74. The Kier molecular flexibility index (Phi) is 2.67. The Morgan fingerprint density at radius 2 is 1.75 bits per heavy atom. The van der Waals surface area contributed by atoms with Gasteiger partial charge in [-0.3, -0.25) is 4.79 Å². The Morgan fingerprint density at radius 1 is 1.00 bits per heavy atom. The van der Waals surface area contributed by atoms with Gasteiger partial charge in [0.15, 0.2) is 5.75 Å². The summed E-state index contributed by atoms with van der Waals surface area (Å²) in [7, 11) is 0. The Balaban J connectivity index is 2.10. The van der Waals surface area contributed by atoms with E-state index in [0.29, 0.717) is 5.75 Å². The molecule has 1 N–H and O–H groups in total. The number of rotatable bonds is 0. The summed E-state index contributed by atoms with van der Waals surface area (Å²) in [6.07, 6.45) is -4.47. The molecule has 0 fully saturated rings. The van der Waals surface area contributed by atoms with E-state index in [1.807, 2.05) is 0 Å². The molecular formula is C14H8F3NO2. The summed E-state index contributed by atoms with van der Waals surface area (Å²) in [6, 6.07) is 9.43. The normalized spacial score (nSPS) is 13.7. The summed E-state index contributed by atoms with van der Waals surface area (Å²) >= 11 is 0. The minimum absolute atomic E-state index is 0.000949. The number of hydrogen-bond donors (Lipinski definition) is 1. The zero-order valence-electron chi connectivity index (χ0n) is 9.99. The summed E-state index contributed by atoms with van der Waals surface area (Å²) in [5.74, 6) is -0.0153. The number of benzene rings is 2. The summed E-state index contributed by atoms with van der Waals surface area (Å²) in [5, 5.41) is 2.43. The van der Waals surface area contributed by atoms with Gasteiger partial charge in [-0.05, 0) is 30.3 Å². The van der Waals surface area contributed by atoms with Crippen molar-refractivity contribution in [1.82, 2.24) is 0 Å². The Labute approximate surface area is 112 Å². The number of fused-ring (bicyclic) bond motifs is 2. The van der Waals surface area contributed by atoms with Crippen molar-refractivity contribution in [3.8, 4) is 11.5 Å². The summed E-state index contributed by atoms with van der Waals surface area (Å²) in [4.78, 5) is 12.0. The third-order valence-corrected chi connectivity index (χ3v) is 2.91. The Hall–Kier alpha value is -2.50. The quantitative estimate of drug-likeness (QED) is 0.789. The molecule has 0 atom stereocenters. The number of alkyl halides is 3. The molecule has 0 aromatic heterocycles. The molecule has 2 aromatic carbocycles. The highest BCUT2D eigenvalue weighted by Gasteiger charge is 2.32. The van der Waals surface area contributed by atoms with Crippen molar-refractivity contribution < 1.29 is 22.7 Å². The highest BCUT2D eigenvalue weighted by atomic mass is 19.4. The maximum atomic E-state index is 12.7. The van der Waals surface area contributed by atoms with Crippen LogP contribution in [0.15, 0.2) is 42.5 Å². The zero-order valence-corrected chi connectivity index (χ0v) is 9.99. The van der Waals surface area contributed by atoms with Crippen molar-refractivity contribution >= 4 is 11.6 Å². The largest absolute Gasteiger partial charge is 0.454 e. The van der Waals surface area contributed by atoms with Crippen LogP contribution in [0.3, 0.4) is 0 Å². The van der Waals surface area contributed by atoms with Gasteiger partial charge >= 0.3 is 6.18 Å². The van der Waals surface area contributed by atoms with Crippen molar-refractivity contribution in [1.29, 1.82) is 0 Å². The fourth-order valence-electron chi connectivity index (χ4n) is 1.94. The average molecular weight is 279 g/mol. The van der Waals surface area contributed by atoms with Gasteiger partial charge in [-0.15, -0.1) is 0 Å². The van der Waals surface area contributed by atoms with Gasteiger partial charge in [0.2, 0.25) is 0 Å². The first-order valence-electron chi connectivity index (χ1n) is 5.74. The SMILES string of the molecule is O=C1Nc2cc(C(F)(F)F)ccc2Oc2ccccc21. The molecule has 6 heteroatoms. The second-order valence-electron chi connectivity index (χ2n) is 4.26. The minimum atomic E-state index is -4.47. The van der Waals surface area contributed by atoms with Crippen molar-refractivity contribution in [3.63, 3.8) is 0 Å². The van der Waals surface area contributed by atoms with Crippen LogP contribution in [-0.4, -0.2) is 5.91 Å². The number of carbonyl (C=O) groups is 1. The van der Waals surface area contributed by atoms with E-state index in [1.165, 1.54) is 6.07 Å². The number of carbonyl (C=O) groups excluding carboxylic acids is 1. The smallest absolute Gasteiger partial charge is 0.416 e. The number of nitrogens with one attached hydrogen (secondary N) is 1. The topological polar surface area (TPSA) is 38.3 Å². The second-order valence-corrected chi connectivity index (χ2v) is 4.26. The van der Waals surface area contributed by atoms with Crippen LogP contribution in [0.5, 0.6) is 11.5 Å². The maximum absolute atomic E-state index is 12.7. The summed E-state index contributed by atoms with van der Waals surface area (Å²) in [6.45, 7) is 0. The molecule has 3 nitrogen and oxygen atoms in total. The van der Waals surface area contributed by atoms with Gasteiger partial charge in [-0.2, -0.15) is 13.2 Å². The van der Waals surface area contributed by atoms with Crippen molar-refractivity contribution in [3.05, 3.63) is 53.6 Å². The summed E-state index contributed by atoms with van der Waals surface area (Å²) < 4.78 is 43.5. The monoisotopic (exact) mass is 279 g/mol. The Morgan fingerprint density at radius 3 is 2.50 bits per heavy atom. The van der Waals surface area contributed by atoms with Gasteiger partial charge in [0.1, 0.15) is 5.75 Å². The Bertz CT molecular complexity index is 695. The fourth-order valence-corrected chi connectivity index (χ4v) is 1.94. The van der Waals surface area contributed by atoms with Gasteiger partial charge in [0.05, 0.1) is 16.8 Å². The zero-order chi connectivity index (χ0) is 14.3. The van der Waals surface area contributed by atoms with Crippen molar-refractivity contribution in [2.75, 3.05) is 5.32 Å². The molecule has 0 bridgehead atoms. The molecule has 0 aliphatic carbocycles. The van der Waals surface area contributed by atoms with Crippen LogP contribution >= 0.6 is 0 Å². The average Bonchev–Trinajstić information content (AvgIpc) is 2.53. The lowest BCUT2D eigenvalue weighted by Gasteiger charge is -2.11. The lowest BCUT2D eigenvalue weighted by molar-refractivity contribution is -0.137. The number of hydrogen-bond acceptors (Lipinski definition) is 2. The van der Waals surface area contributed by atoms with E-state index in [1.54, 1.807) is 24.3 Å². The molecule has 1 aliphatic heterocycles. The minimum Gasteiger partial charge on any atom is -0.454 e. The van der Waals surface area contributed by atoms with Crippen molar-refractivity contribution in [2.24, 2.45) is 0 Å². The van der Waals surface area contributed by atoms with Crippen LogP contribution in [0.2, 0.25) is 0 Å². The molecule has 1 heterocycles. The van der Waals surface area contributed by atoms with E-state index in [0.717, 1.165) is 12.1 Å².